The lowest BCUT2D eigenvalue weighted by Crippen LogP contribution is -2.27. The average molecular weight is 276 g/mol. The first kappa shape index (κ1) is 14.0. The van der Waals surface area contributed by atoms with Gasteiger partial charge in [-0.15, -0.1) is 0 Å². The summed E-state index contributed by atoms with van der Waals surface area (Å²) in [6.07, 6.45) is 1.50. The largest absolute Gasteiger partial charge is 0.481 e. The monoisotopic (exact) mass is 276 g/mol. The van der Waals surface area contributed by atoms with Crippen molar-refractivity contribution in [3.8, 4) is 0 Å². The van der Waals surface area contributed by atoms with Crippen molar-refractivity contribution in [2.24, 2.45) is 0 Å². The van der Waals surface area contributed by atoms with Gasteiger partial charge in [0, 0.05) is 24.3 Å². The summed E-state index contributed by atoms with van der Waals surface area (Å²) in [5.74, 6) is -1.77. The molecule has 0 radical (unpaired) electrons. The van der Waals surface area contributed by atoms with Crippen molar-refractivity contribution in [1.29, 1.82) is 0 Å². The van der Waals surface area contributed by atoms with Crippen molar-refractivity contribution in [3.05, 3.63) is 29.8 Å². The van der Waals surface area contributed by atoms with Gasteiger partial charge in [0.1, 0.15) is 6.42 Å². The molecule has 1 heterocycles. The number of rotatable bonds is 4. The van der Waals surface area contributed by atoms with Gasteiger partial charge < -0.3 is 15.3 Å². The van der Waals surface area contributed by atoms with E-state index in [0.29, 0.717) is 11.3 Å². The van der Waals surface area contributed by atoms with Gasteiger partial charge in [-0.1, -0.05) is 0 Å². The summed E-state index contributed by atoms with van der Waals surface area (Å²) in [5.41, 5.74) is 1.05. The van der Waals surface area contributed by atoms with Crippen LogP contribution in [-0.2, 0) is 9.59 Å². The molecule has 0 aliphatic carbocycles. The Labute approximate surface area is 116 Å². The summed E-state index contributed by atoms with van der Waals surface area (Å²) in [6.45, 7) is 1.58. The normalized spacial score (nSPS) is 14.1. The molecule has 1 aliphatic heterocycles. The Bertz CT molecular complexity index is 518. The van der Waals surface area contributed by atoms with Crippen LogP contribution in [0.3, 0.4) is 0 Å². The summed E-state index contributed by atoms with van der Waals surface area (Å²) in [7, 11) is 0. The summed E-state index contributed by atoms with van der Waals surface area (Å²) in [5, 5.41) is 11.0. The summed E-state index contributed by atoms with van der Waals surface area (Å²) < 4.78 is 0. The van der Waals surface area contributed by atoms with E-state index in [0.717, 1.165) is 25.9 Å². The van der Waals surface area contributed by atoms with Crippen molar-refractivity contribution in [2.75, 3.05) is 18.4 Å². The molecule has 2 N–H and O–H groups in total. The van der Waals surface area contributed by atoms with E-state index in [2.05, 4.69) is 5.32 Å². The number of nitrogens with zero attached hydrogens (tertiary/aromatic N) is 1. The number of nitrogens with one attached hydrogen (secondary N) is 1. The fraction of sp³-hybridized carbons (Fsp3) is 0.357. The predicted molar refractivity (Wildman–Crippen MR) is 72.5 cm³/mol. The Morgan fingerprint density at radius 3 is 2.25 bits per heavy atom. The van der Waals surface area contributed by atoms with Crippen LogP contribution in [0, 0.1) is 0 Å². The third-order valence-electron chi connectivity index (χ3n) is 3.12. The Balaban J connectivity index is 1.97. The third kappa shape index (κ3) is 3.57. The number of carboxylic acid groups (broad SMARTS) is 1. The van der Waals surface area contributed by atoms with Gasteiger partial charge in [-0.3, -0.25) is 14.4 Å². The van der Waals surface area contributed by atoms with Crippen LogP contribution in [0.5, 0.6) is 0 Å². The molecule has 106 valence electrons. The van der Waals surface area contributed by atoms with Crippen molar-refractivity contribution < 1.29 is 19.5 Å². The first-order valence-corrected chi connectivity index (χ1v) is 6.47. The van der Waals surface area contributed by atoms with Crippen LogP contribution < -0.4 is 5.32 Å². The van der Waals surface area contributed by atoms with Crippen LogP contribution >= 0.6 is 0 Å². The maximum Gasteiger partial charge on any atom is 0.312 e. The molecule has 2 rings (SSSR count). The number of amides is 2. The molecule has 1 aromatic rings. The predicted octanol–water partition coefficient (Wildman–Crippen LogP) is 1.34. The van der Waals surface area contributed by atoms with Gasteiger partial charge in [0.05, 0.1) is 0 Å². The number of hydrogen-bond donors (Lipinski definition) is 2. The smallest absolute Gasteiger partial charge is 0.312 e. The minimum Gasteiger partial charge on any atom is -0.481 e. The van der Waals surface area contributed by atoms with Crippen molar-refractivity contribution in [1.82, 2.24) is 4.90 Å². The maximum atomic E-state index is 12.1. The van der Waals surface area contributed by atoms with Gasteiger partial charge in [-0.05, 0) is 37.1 Å². The second kappa shape index (κ2) is 6.18. The molecule has 0 spiro atoms. The molecule has 0 aromatic heterocycles. The number of carbonyl (C=O) groups is 3. The number of anilines is 1. The summed E-state index contributed by atoms with van der Waals surface area (Å²) in [4.78, 5) is 35.6. The number of hydrogen-bond acceptors (Lipinski definition) is 3. The molecule has 0 atom stereocenters. The molecular formula is C14H16N2O4. The van der Waals surface area contributed by atoms with Crippen LogP contribution in [-0.4, -0.2) is 40.9 Å². The highest BCUT2D eigenvalue weighted by molar-refractivity contribution is 6.01. The minimum atomic E-state index is -1.18. The van der Waals surface area contributed by atoms with Gasteiger partial charge in [-0.25, -0.2) is 0 Å². The second-order valence-electron chi connectivity index (χ2n) is 4.70. The standard InChI is InChI=1S/C14H16N2O4/c17-12(9-13(18)19)15-11-5-3-10(4-6-11)14(20)16-7-1-2-8-16/h3-6H,1-2,7-9H2,(H,15,17)(H,18,19). The topological polar surface area (TPSA) is 86.7 Å². The highest BCUT2D eigenvalue weighted by Crippen LogP contribution is 2.15. The van der Waals surface area contributed by atoms with Crippen molar-refractivity contribution >= 4 is 23.5 Å². The molecule has 2 amide bonds. The molecule has 6 nitrogen and oxygen atoms in total. The molecule has 0 saturated carbocycles. The first-order valence-electron chi connectivity index (χ1n) is 6.47. The number of carbonyl (C=O) groups excluding carboxylic acids is 2. The Kier molecular flexibility index (Phi) is 4.34. The third-order valence-corrected chi connectivity index (χ3v) is 3.12. The van der Waals surface area contributed by atoms with Crippen LogP contribution in [0.1, 0.15) is 29.6 Å². The number of aliphatic carboxylic acids is 1. The zero-order chi connectivity index (χ0) is 14.5. The molecule has 0 bridgehead atoms. The Hall–Kier alpha value is -2.37. The number of benzene rings is 1. The van der Waals surface area contributed by atoms with E-state index in [9.17, 15) is 14.4 Å². The maximum absolute atomic E-state index is 12.1. The summed E-state index contributed by atoms with van der Waals surface area (Å²) >= 11 is 0. The SMILES string of the molecule is O=C(O)CC(=O)Nc1ccc(C(=O)N2CCCC2)cc1. The van der Waals surface area contributed by atoms with Gasteiger partial charge >= 0.3 is 5.97 Å². The summed E-state index contributed by atoms with van der Waals surface area (Å²) in [6, 6.07) is 6.47. The fourth-order valence-electron chi connectivity index (χ4n) is 2.14. The Morgan fingerprint density at radius 2 is 1.70 bits per heavy atom. The van der Waals surface area contributed by atoms with Crippen molar-refractivity contribution in [3.63, 3.8) is 0 Å². The zero-order valence-corrected chi connectivity index (χ0v) is 11.0. The van der Waals surface area contributed by atoms with Crippen LogP contribution in [0.2, 0.25) is 0 Å². The lowest BCUT2D eigenvalue weighted by atomic mass is 10.2. The lowest BCUT2D eigenvalue weighted by molar-refractivity contribution is -0.139. The molecule has 1 aliphatic rings. The first-order chi connectivity index (χ1) is 9.56. The zero-order valence-electron chi connectivity index (χ0n) is 11.0. The number of likely N-dealkylation sites (tertiary alicyclic amines) is 1. The second-order valence-corrected chi connectivity index (χ2v) is 4.70. The highest BCUT2D eigenvalue weighted by Gasteiger charge is 2.19. The number of carboxylic acids is 1. The molecule has 6 heteroatoms. The van der Waals surface area contributed by atoms with E-state index in [4.69, 9.17) is 5.11 Å². The van der Waals surface area contributed by atoms with E-state index < -0.39 is 18.3 Å². The quantitative estimate of drug-likeness (QED) is 0.812. The van der Waals surface area contributed by atoms with Crippen LogP contribution in [0.15, 0.2) is 24.3 Å². The van der Waals surface area contributed by atoms with E-state index in [1.807, 2.05) is 0 Å². The van der Waals surface area contributed by atoms with Gasteiger partial charge in [0.15, 0.2) is 0 Å². The van der Waals surface area contributed by atoms with Gasteiger partial charge in [0.25, 0.3) is 5.91 Å². The lowest BCUT2D eigenvalue weighted by Gasteiger charge is -2.15. The fourth-order valence-corrected chi connectivity index (χ4v) is 2.14. The molecule has 20 heavy (non-hydrogen) atoms. The van der Waals surface area contributed by atoms with E-state index in [-0.39, 0.29) is 5.91 Å². The molecular weight excluding hydrogens is 260 g/mol. The Morgan fingerprint density at radius 1 is 1.10 bits per heavy atom. The van der Waals surface area contributed by atoms with Crippen LogP contribution in [0.4, 0.5) is 5.69 Å². The van der Waals surface area contributed by atoms with Gasteiger partial charge in [-0.2, -0.15) is 0 Å². The molecule has 1 saturated heterocycles. The highest BCUT2D eigenvalue weighted by atomic mass is 16.4. The minimum absolute atomic E-state index is 0.00841. The molecule has 0 unspecified atom stereocenters. The van der Waals surface area contributed by atoms with Gasteiger partial charge in [0.2, 0.25) is 5.91 Å². The van der Waals surface area contributed by atoms with Crippen molar-refractivity contribution in [2.45, 2.75) is 19.3 Å². The average Bonchev–Trinajstić information content (AvgIpc) is 2.91. The van der Waals surface area contributed by atoms with E-state index in [1.54, 1.807) is 29.2 Å². The van der Waals surface area contributed by atoms with E-state index >= 15 is 0 Å². The van der Waals surface area contributed by atoms with Crippen LogP contribution in [0.25, 0.3) is 0 Å². The molecule has 1 aromatic carbocycles. The van der Waals surface area contributed by atoms with E-state index in [1.165, 1.54) is 0 Å². The molecule has 1 fully saturated rings.